The van der Waals surface area contributed by atoms with Gasteiger partial charge in [-0.1, -0.05) is 24.3 Å². The summed E-state index contributed by atoms with van der Waals surface area (Å²) < 4.78 is 20.6. The quantitative estimate of drug-likeness (QED) is 0.258. The number of nitrogens with zero attached hydrogens (tertiary/aromatic N) is 3. The minimum Gasteiger partial charge on any atom is -0.489 e. The van der Waals surface area contributed by atoms with Gasteiger partial charge in [-0.25, -0.2) is 4.39 Å². The van der Waals surface area contributed by atoms with E-state index in [-0.39, 0.29) is 12.5 Å². The third kappa shape index (κ3) is 4.48. The van der Waals surface area contributed by atoms with Crippen LogP contribution in [0.25, 0.3) is 11.1 Å². The van der Waals surface area contributed by atoms with Gasteiger partial charge in [0, 0.05) is 35.0 Å². The molecule has 0 bridgehead atoms. The fourth-order valence-electron chi connectivity index (χ4n) is 3.53. The van der Waals surface area contributed by atoms with Crippen molar-refractivity contribution in [1.82, 2.24) is 14.7 Å². The molecule has 1 unspecified atom stereocenters. The number of amides is 1. The molecule has 1 amide bonds. The first-order valence-corrected chi connectivity index (χ1v) is 11.9. The van der Waals surface area contributed by atoms with Crippen LogP contribution in [0.2, 0.25) is 0 Å². The standard InChI is InChI=1S/C22H20FI2N3O2/c1-2-28-12-17(9-26-28)14-6-7-15(18(24)8-14)10-27-11-16-4-3-5-19(21(16)22(27)29)30-13-20(23)25/h3-9,12,20H,2,10-11,13H2,1H3. The summed E-state index contributed by atoms with van der Waals surface area (Å²) in [7, 11) is 0. The van der Waals surface area contributed by atoms with E-state index in [1.165, 1.54) is 0 Å². The number of fused-ring (bicyclic) bond motifs is 1. The molecule has 8 heteroatoms. The Morgan fingerprint density at radius 3 is 2.80 bits per heavy atom. The summed E-state index contributed by atoms with van der Waals surface area (Å²) >= 11 is 3.98. The van der Waals surface area contributed by atoms with Gasteiger partial charge in [-0.15, -0.1) is 0 Å². The van der Waals surface area contributed by atoms with Crippen LogP contribution in [0.15, 0.2) is 48.8 Å². The molecule has 2 heterocycles. The van der Waals surface area contributed by atoms with Crippen molar-refractivity contribution in [3.63, 3.8) is 0 Å². The average Bonchev–Trinajstić information content (AvgIpc) is 3.33. The predicted molar refractivity (Wildman–Crippen MR) is 130 cm³/mol. The van der Waals surface area contributed by atoms with Crippen LogP contribution in [-0.2, 0) is 19.6 Å². The zero-order valence-corrected chi connectivity index (χ0v) is 20.6. The lowest BCUT2D eigenvalue weighted by atomic mass is 10.1. The summed E-state index contributed by atoms with van der Waals surface area (Å²) in [5.41, 5.74) is 4.73. The van der Waals surface area contributed by atoms with Gasteiger partial charge in [0.25, 0.3) is 5.91 Å². The molecule has 1 aliphatic heterocycles. The Bertz CT molecular complexity index is 1080. The van der Waals surface area contributed by atoms with Crippen molar-refractivity contribution in [2.75, 3.05) is 6.61 Å². The SMILES string of the molecule is CCn1cc(-c2ccc(CN3Cc4cccc(OCC(F)I)c4C3=O)c(I)c2)cn1. The Morgan fingerprint density at radius 1 is 1.27 bits per heavy atom. The summed E-state index contributed by atoms with van der Waals surface area (Å²) in [4.78, 5) is 14.8. The highest BCUT2D eigenvalue weighted by atomic mass is 127. The van der Waals surface area contributed by atoms with Gasteiger partial charge in [0.15, 0.2) is 4.18 Å². The van der Waals surface area contributed by atoms with Gasteiger partial charge in [0.1, 0.15) is 12.4 Å². The fourth-order valence-corrected chi connectivity index (χ4v) is 4.40. The molecule has 5 nitrogen and oxygen atoms in total. The molecule has 0 saturated heterocycles. The van der Waals surface area contributed by atoms with Crippen LogP contribution in [0.4, 0.5) is 4.39 Å². The molecule has 3 aromatic rings. The van der Waals surface area contributed by atoms with Gasteiger partial charge in [0.05, 0.1) is 11.8 Å². The molecule has 0 spiro atoms. The number of rotatable bonds is 7. The zero-order chi connectivity index (χ0) is 21.3. The van der Waals surface area contributed by atoms with Crippen molar-refractivity contribution in [3.05, 3.63) is 69.1 Å². The second kappa shape index (κ2) is 9.21. The van der Waals surface area contributed by atoms with Crippen molar-refractivity contribution < 1.29 is 13.9 Å². The Hall–Kier alpha value is -1.69. The van der Waals surface area contributed by atoms with E-state index in [0.29, 0.717) is 24.4 Å². The third-order valence-corrected chi connectivity index (χ3v) is 6.41. The van der Waals surface area contributed by atoms with Crippen LogP contribution in [0.3, 0.4) is 0 Å². The number of hydrogen-bond donors (Lipinski definition) is 0. The van der Waals surface area contributed by atoms with Gasteiger partial charge in [-0.2, -0.15) is 5.10 Å². The van der Waals surface area contributed by atoms with E-state index in [4.69, 9.17) is 4.74 Å². The number of benzene rings is 2. The van der Waals surface area contributed by atoms with Crippen LogP contribution >= 0.6 is 45.2 Å². The maximum absolute atomic E-state index is 13.2. The van der Waals surface area contributed by atoms with E-state index in [2.05, 4.69) is 52.8 Å². The number of ether oxygens (including phenoxy) is 1. The van der Waals surface area contributed by atoms with Gasteiger partial charge in [0.2, 0.25) is 0 Å². The van der Waals surface area contributed by atoms with Crippen molar-refractivity contribution in [2.45, 2.75) is 30.7 Å². The first kappa shape index (κ1) is 21.5. The molecule has 0 fully saturated rings. The number of halogens is 3. The number of carbonyl (C=O) groups excluding carboxylic acids is 1. The highest BCUT2D eigenvalue weighted by Gasteiger charge is 2.31. The summed E-state index contributed by atoms with van der Waals surface area (Å²) in [6.07, 6.45) is 3.90. The van der Waals surface area contributed by atoms with E-state index < -0.39 is 4.18 Å². The summed E-state index contributed by atoms with van der Waals surface area (Å²) in [6.45, 7) is 3.86. The highest BCUT2D eigenvalue weighted by molar-refractivity contribution is 14.1. The maximum atomic E-state index is 13.2. The van der Waals surface area contributed by atoms with E-state index in [1.54, 1.807) is 33.6 Å². The minimum atomic E-state index is -1.12. The molecule has 1 aromatic heterocycles. The van der Waals surface area contributed by atoms with Gasteiger partial charge in [-0.05, 0) is 80.9 Å². The summed E-state index contributed by atoms with van der Waals surface area (Å²) in [5.74, 6) is 0.380. The van der Waals surface area contributed by atoms with E-state index in [0.717, 1.165) is 32.4 Å². The number of aromatic nitrogens is 2. The Morgan fingerprint density at radius 2 is 2.10 bits per heavy atom. The van der Waals surface area contributed by atoms with E-state index in [1.807, 2.05) is 29.2 Å². The molecule has 1 aliphatic rings. The van der Waals surface area contributed by atoms with Crippen LogP contribution < -0.4 is 4.74 Å². The first-order chi connectivity index (χ1) is 14.5. The van der Waals surface area contributed by atoms with E-state index >= 15 is 0 Å². The molecule has 0 saturated carbocycles. The topological polar surface area (TPSA) is 47.4 Å². The maximum Gasteiger partial charge on any atom is 0.258 e. The smallest absolute Gasteiger partial charge is 0.258 e. The Kier molecular flexibility index (Phi) is 6.61. The minimum absolute atomic E-state index is 0.0712. The highest BCUT2D eigenvalue weighted by Crippen LogP contribution is 2.33. The second-order valence-electron chi connectivity index (χ2n) is 7.04. The van der Waals surface area contributed by atoms with Gasteiger partial charge < -0.3 is 9.64 Å². The molecule has 0 radical (unpaired) electrons. The molecule has 4 rings (SSSR count). The lowest BCUT2D eigenvalue weighted by molar-refractivity contribution is 0.0762. The van der Waals surface area contributed by atoms with Crippen LogP contribution in [0.1, 0.15) is 28.4 Å². The molecule has 156 valence electrons. The van der Waals surface area contributed by atoms with Crippen LogP contribution in [0.5, 0.6) is 5.75 Å². The largest absolute Gasteiger partial charge is 0.489 e. The van der Waals surface area contributed by atoms with E-state index in [9.17, 15) is 9.18 Å². The number of aryl methyl sites for hydroxylation is 1. The predicted octanol–water partition coefficient (Wildman–Crippen LogP) is 5.44. The molecular formula is C22H20FI2N3O2. The molecule has 0 N–H and O–H groups in total. The summed E-state index contributed by atoms with van der Waals surface area (Å²) in [6, 6.07) is 11.8. The van der Waals surface area contributed by atoms with Crippen molar-refractivity contribution >= 4 is 51.1 Å². The summed E-state index contributed by atoms with van der Waals surface area (Å²) in [5, 5.41) is 4.34. The van der Waals surface area contributed by atoms with Crippen molar-refractivity contribution in [2.24, 2.45) is 0 Å². The normalized spacial score (nSPS) is 14.1. The molecule has 30 heavy (non-hydrogen) atoms. The van der Waals surface area contributed by atoms with Crippen molar-refractivity contribution in [1.29, 1.82) is 0 Å². The Labute approximate surface area is 201 Å². The molecule has 0 aliphatic carbocycles. The van der Waals surface area contributed by atoms with Crippen LogP contribution in [-0.4, -0.2) is 31.4 Å². The average molecular weight is 631 g/mol. The number of alkyl halides is 2. The second-order valence-corrected chi connectivity index (χ2v) is 9.56. The fraction of sp³-hybridized carbons (Fsp3) is 0.273. The molecular weight excluding hydrogens is 611 g/mol. The third-order valence-electron chi connectivity index (χ3n) is 5.04. The first-order valence-electron chi connectivity index (χ1n) is 9.59. The van der Waals surface area contributed by atoms with Crippen molar-refractivity contribution in [3.8, 4) is 16.9 Å². The Balaban J connectivity index is 1.52. The monoisotopic (exact) mass is 631 g/mol. The van der Waals surface area contributed by atoms with Crippen LogP contribution in [0, 0.1) is 3.57 Å². The number of carbonyl (C=O) groups is 1. The lowest BCUT2D eigenvalue weighted by Crippen LogP contribution is -2.24. The lowest BCUT2D eigenvalue weighted by Gasteiger charge is -2.17. The molecule has 1 atom stereocenters. The number of hydrogen-bond acceptors (Lipinski definition) is 3. The molecule has 2 aromatic carbocycles. The zero-order valence-electron chi connectivity index (χ0n) is 16.3. The van der Waals surface area contributed by atoms with Gasteiger partial charge in [-0.3, -0.25) is 9.48 Å². The van der Waals surface area contributed by atoms with Gasteiger partial charge >= 0.3 is 0 Å².